The summed E-state index contributed by atoms with van der Waals surface area (Å²) in [6.45, 7) is 8.77. The van der Waals surface area contributed by atoms with Crippen molar-refractivity contribution in [3.05, 3.63) is 35.1 Å². The van der Waals surface area contributed by atoms with Gasteiger partial charge in [-0.25, -0.2) is 4.39 Å². The standard InChI is InChI=1S/C14H20FNO/c1-10-6-13(4-5-14(10)15)9-16-7-11(2)17-12(3)8-16/h4-6,11-12H,7-9H2,1-3H3. The molecule has 0 spiro atoms. The van der Waals surface area contributed by atoms with Crippen LogP contribution in [0.25, 0.3) is 0 Å². The topological polar surface area (TPSA) is 12.5 Å². The normalized spacial score (nSPS) is 26.1. The highest BCUT2D eigenvalue weighted by Gasteiger charge is 2.21. The van der Waals surface area contributed by atoms with Crippen molar-refractivity contribution in [2.75, 3.05) is 13.1 Å². The maximum absolute atomic E-state index is 13.2. The number of hydrogen-bond donors (Lipinski definition) is 0. The summed E-state index contributed by atoms with van der Waals surface area (Å²) < 4.78 is 18.9. The Hall–Kier alpha value is -0.930. The molecule has 2 atom stereocenters. The highest BCUT2D eigenvalue weighted by molar-refractivity contribution is 5.23. The average molecular weight is 237 g/mol. The first-order valence-electron chi connectivity index (χ1n) is 6.17. The molecule has 1 aromatic carbocycles. The molecule has 2 nitrogen and oxygen atoms in total. The summed E-state index contributed by atoms with van der Waals surface area (Å²) in [6.07, 6.45) is 0.556. The summed E-state index contributed by atoms with van der Waals surface area (Å²) >= 11 is 0. The molecule has 0 radical (unpaired) electrons. The number of nitrogens with zero attached hydrogens (tertiary/aromatic N) is 1. The van der Waals surface area contributed by atoms with E-state index in [1.165, 1.54) is 5.56 Å². The number of rotatable bonds is 2. The van der Waals surface area contributed by atoms with E-state index >= 15 is 0 Å². The fourth-order valence-corrected chi connectivity index (χ4v) is 2.48. The summed E-state index contributed by atoms with van der Waals surface area (Å²) in [7, 11) is 0. The molecule has 1 saturated heterocycles. The Morgan fingerprint density at radius 1 is 1.29 bits per heavy atom. The average Bonchev–Trinajstić information content (AvgIpc) is 2.22. The molecule has 1 aliphatic rings. The molecule has 94 valence electrons. The van der Waals surface area contributed by atoms with Gasteiger partial charge in [-0.05, 0) is 38.0 Å². The van der Waals surface area contributed by atoms with Crippen LogP contribution in [0.15, 0.2) is 18.2 Å². The van der Waals surface area contributed by atoms with E-state index in [1.54, 1.807) is 6.07 Å². The summed E-state index contributed by atoms with van der Waals surface area (Å²) in [5, 5.41) is 0. The summed E-state index contributed by atoms with van der Waals surface area (Å²) in [5.41, 5.74) is 1.89. The molecule has 0 aliphatic carbocycles. The van der Waals surface area contributed by atoms with Crippen molar-refractivity contribution >= 4 is 0 Å². The first kappa shape index (κ1) is 12.5. The lowest BCUT2D eigenvalue weighted by molar-refractivity contribution is -0.0704. The lowest BCUT2D eigenvalue weighted by atomic mass is 10.1. The molecular weight excluding hydrogens is 217 g/mol. The van der Waals surface area contributed by atoms with Crippen LogP contribution in [0.4, 0.5) is 4.39 Å². The molecule has 2 rings (SSSR count). The van der Waals surface area contributed by atoms with Crippen LogP contribution in [-0.2, 0) is 11.3 Å². The van der Waals surface area contributed by atoms with Gasteiger partial charge < -0.3 is 4.74 Å². The van der Waals surface area contributed by atoms with Gasteiger partial charge in [-0.3, -0.25) is 4.90 Å². The molecule has 3 heteroatoms. The van der Waals surface area contributed by atoms with Crippen molar-refractivity contribution < 1.29 is 9.13 Å². The number of ether oxygens (including phenoxy) is 1. The molecular formula is C14H20FNO. The summed E-state index contributed by atoms with van der Waals surface area (Å²) in [6, 6.07) is 5.35. The zero-order valence-electron chi connectivity index (χ0n) is 10.7. The third-order valence-electron chi connectivity index (χ3n) is 3.12. The zero-order valence-corrected chi connectivity index (χ0v) is 10.7. The van der Waals surface area contributed by atoms with Crippen LogP contribution >= 0.6 is 0 Å². The quantitative estimate of drug-likeness (QED) is 0.784. The number of benzene rings is 1. The molecule has 0 N–H and O–H groups in total. The molecule has 1 aliphatic heterocycles. The second-order valence-corrected chi connectivity index (χ2v) is 5.03. The Labute approximate surface area is 102 Å². The monoisotopic (exact) mass is 237 g/mol. The fourth-order valence-electron chi connectivity index (χ4n) is 2.48. The molecule has 2 unspecified atom stereocenters. The van der Waals surface area contributed by atoms with Crippen molar-refractivity contribution in [3.63, 3.8) is 0 Å². The van der Waals surface area contributed by atoms with Gasteiger partial charge in [-0.1, -0.05) is 12.1 Å². The second kappa shape index (κ2) is 5.15. The van der Waals surface area contributed by atoms with E-state index in [0.717, 1.165) is 25.2 Å². The summed E-state index contributed by atoms with van der Waals surface area (Å²) in [4.78, 5) is 2.37. The Balaban J connectivity index is 2.02. The van der Waals surface area contributed by atoms with E-state index in [9.17, 15) is 4.39 Å². The summed E-state index contributed by atoms with van der Waals surface area (Å²) in [5.74, 6) is -0.127. The van der Waals surface area contributed by atoms with E-state index in [-0.39, 0.29) is 18.0 Å². The van der Waals surface area contributed by atoms with Gasteiger partial charge in [0.05, 0.1) is 12.2 Å². The zero-order chi connectivity index (χ0) is 12.4. The lowest BCUT2D eigenvalue weighted by Crippen LogP contribution is -2.44. The van der Waals surface area contributed by atoms with Gasteiger partial charge in [0, 0.05) is 19.6 Å². The highest BCUT2D eigenvalue weighted by atomic mass is 19.1. The molecule has 0 bridgehead atoms. The third kappa shape index (κ3) is 3.27. The second-order valence-electron chi connectivity index (χ2n) is 5.03. The molecule has 1 aromatic rings. The first-order valence-corrected chi connectivity index (χ1v) is 6.17. The van der Waals surface area contributed by atoms with E-state index in [1.807, 2.05) is 19.1 Å². The van der Waals surface area contributed by atoms with Crippen molar-refractivity contribution in [2.45, 2.75) is 39.5 Å². The van der Waals surface area contributed by atoms with Gasteiger partial charge in [0.1, 0.15) is 5.82 Å². The largest absolute Gasteiger partial charge is 0.373 e. The van der Waals surface area contributed by atoms with Crippen molar-refractivity contribution in [1.82, 2.24) is 4.90 Å². The van der Waals surface area contributed by atoms with Gasteiger partial charge >= 0.3 is 0 Å². The minimum atomic E-state index is -0.127. The Morgan fingerprint density at radius 3 is 2.53 bits per heavy atom. The van der Waals surface area contributed by atoms with E-state index in [2.05, 4.69) is 18.7 Å². The molecule has 0 aromatic heterocycles. The number of aryl methyl sites for hydroxylation is 1. The van der Waals surface area contributed by atoms with Crippen molar-refractivity contribution in [2.24, 2.45) is 0 Å². The van der Waals surface area contributed by atoms with Crippen LogP contribution in [0, 0.1) is 12.7 Å². The van der Waals surface area contributed by atoms with Crippen LogP contribution in [0.1, 0.15) is 25.0 Å². The maximum atomic E-state index is 13.2. The molecule has 0 amide bonds. The van der Waals surface area contributed by atoms with Crippen LogP contribution in [-0.4, -0.2) is 30.2 Å². The molecule has 17 heavy (non-hydrogen) atoms. The fraction of sp³-hybridized carbons (Fsp3) is 0.571. The predicted molar refractivity (Wildman–Crippen MR) is 66.4 cm³/mol. The van der Waals surface area contributed by atoms with Crippen molar-refractivity contribution in [1.29, 1.82) is 0 Å². The predicted octanol–water partition coefficient (Wildman–Crippen LogP) is 2.74. The van der Waals surface area contributed by atoms with Gasteiger partial charge in [0.25, 0.3) is 0 Å². The van der Waals surface area contributed by atoms with Crippen LogP contribution in [0.5, 0.6) is 0 Å². The van der Waals surface area contributed by atoms with Crippen LogP contribution in [0.3, 0.4) is 0 Å². The highest BCUT2D eigenvalue weighted by Crippen LogP contribution is 2.16. The van der Waals surface area contributed by atoms with E-state index in [0.29, 0.717) is 0 Å². The van der Waals surface area contributed by atoms with Crippen LogP contribution in [0.2, 0.25) is 0 Å². The van der Waals surface area contributed by atoms with Gasteiger partial charge in [-0.15, -0.1) is 0 Å². The maximum Gasteiger partial charge on any atom is 0.126 e. The van der Waals surface area contributed by atoms with Gasteiger partial charge in [0.2, 0.25) is 0 Å². The third-order valence-corrected chi connectivity index (χ3v) is 3.12. The van der Waals surface area contributed by atoms with Gasteiger partial charge in [-0.2, -0.15) is 0 Å². The number of halogens is 1. The SMILES string of the molecule is Cc1cc(CN2CC(C)OC(C)C2)ccc1F. The van der Waals surface area contributed by atoms with Crippen molar-refractivity contribution in [3.8, 4) is 0 Å². The number of morpholine rings is 1. The Kier molecular flexibility index (Phi) is 3.79. The van der Waals surface area contributed by atoms with Gasteiger partial charge in [0.15, 0.2) is 0 Å². The van der Waals surface area contributed by atoms with E-state index in [4.69, 9.17) is 4.74 Å². The first-order chi connectivity index (χ1) is 8.04. The minimum Gasteiger partial charge on any atom is -0.373 e. The smallest absolute Gasteiger partial charge is 0.126 e. The lowest BCUT2D eigenvalue weighted by Gasteiger charge is -2.35. The Bertz CT molecular complexity index is 384. The molecule has 1 fully saturated rings. The Morgan fingerprint density at radius 2 is 1.94 bits per heavy atom. The van der Waals surface area contributed by atoms with Crippen LogP contribution < -0.4 is 0 Å². The van der Waals surface area contributed by atoms with E-state index < -0.39 is 0 Å². The molecule has 0 saturated carbocycles. The molecule has 1 heterocycles. The minimum absolute atomic E-state index is 0.127. The number of hydrogen-bond acceptors (Lipinski definition) is 2.